The molecular weight excluding hydrogens is 326 g/mol. The minimum atomic E-state index is -0.0591. The summed E-state index contributed by atoms with van der Waals surface area (Å²) < 4.78 is 1.85. The van der Waals surface area contributed by atoms with E-state index in [0.717, 1.165) is 30.5 Å². The molecule has 6 heteroatoms. The van der Waals surface area contributed by atoms with Crippen molar-refractivity contribution in [2.75, 3.05) is 0 Å². The Kier molecular flexibility index (Phi) is 4.48. The summed E-state index contributed by atoms with van der Waals surface area (Å²) in [4.78, 5) is 16.8. The fraction of sp³-hybridized carbons (Fsp3) is 0.300. The van der Waals surface area contributed by atoms with Crippen LogP contribution in [-0.4, -0.2) is 31.9 Å². The molecule has 0 atom stereocenters. The molecule has 1 N–H and O–H groups in total. The minimum absolute atomic E-state index is 0.0591. The summed E-state index contributed by atoms with van der Waals surface area (Å²) in [6.45, 7) is 2.91. The molecule has 3 aromatic rings. The minimum Gasteiger partial charge on any atom is -0.349 e. The molecule has 0 radical (unpaired) electrons. The smallest absolute Gasteiger partial charge is 0.253 e. The molecule has 1 aromatic carbocycles. The number of amides is 1. The first kappa shape index (κ1) is 16.4. The van der Waals surface area contributed by atoms with Crippen LogP contribution in [0.5, 0.6) is 0 Å². The van der Waals surface area contributed by atoms with Crippen molar-refractivity contribution in [3.8, 4) is 11.1 Å². The van der Waals surface area contributed by atoms with E-state index in [0.29, 0.717) is 11.5 Å². The largest absolute Gasteiger partial charge is 0.349 e. The molecule has 0 unspecified atom stereocenters. The number of pyridine rings is 1. The van der Waals surface area contributed by atoms with E-state index in [4.69, 9.17) is 0 Å². The second-order valence-electron chi connectivity index (χ2n) is 6.96. The third-order valence-electron chi connectivity index (χ3n) is 4.84. The molecule has 1 saturated carbocycles. The molecule has 4 rings (SSSR count). The van der Waals surface area contributed by atoms with Crippen LogP contribution in [0.1, 0.15) is 28.8 Å². The summed E-state index contributed by atoms with van der Waals surface area (Å²) in [6.07, 6.45) is 8.91. The highest BCUT2D eigenvalue weighted by molar-refractivity contribution is 5.95. The zero-order valence-electron chi connectivity index (χ0n) is 14.7. The Labute approximate surface area is 152 Å². The van der Waals surface area contributed by atoms with E-state index in [1.54, 1.807) is 18.6 Å². The quantitative estimate of drug-likeness (QED) is 0.770. The molecule has 1 aliphatic carbocycles. The van der Waals surface area contributed by atoms with Crippen LogP contribution in [0.25, 0.3) is 11.1 Å². The average molecular weight is 347 g/mol. The fourth-order valence-corrected chi connectivity index (χ4v) is 3.41. The van der Waals surface area contributed by atoms with Crippen LogP contribution in [0.4, 0.5) is 0 Å². The maximum Gasteiger partial charge on any atom is 0.253 e. The van der Waals surface area contributed by atoms with Gasteiger partial charge in [-0.3, -0.25) is 14.5 Å². The summed E-state index contributed by atoms with van der Waals surface area (Å²) >= 11 is 0. The van der Waals surface area contributed by atoms with Crippen molar-refractivity contribution in [2.45, 2.75) is 32.4 Å². The van der Waals surface area contributed by atoms with Gasteiger partial charge in [0, 0.05) is 36.7 Å². The number of hydrogen-bond donors (Lipinski definition) is 1. The first-order valence-electron chi connectivity index (χ1n) is 8.84. The Balaban J connectivity index is 1.36. The normalized spacial score (nSPS) is 19.0. The lowest BCUT2D eigenvalue weighted by atomic mass is 9.80. The van der Waals surface area contributed by atoms with Crippen LogP contribution in [0.3, 0.4) is 0 Å². The maximum absolute atomic E-state index is 12.5. The topological polar surface area (TPSA) is 72.7 Å². The lowest BCUT2D eigenvalue weighted by Gasteiger charge is -2.35. The number of carbonyl (C=O) groups is 1. The second-order valence-corrected chi connectivity index (χ2v) is 6.96. The van der Waals surface area contributed by atoms with Crippen LogP contribution >= 0.6 is 0 Å². The summed E-state index contributed by atoms with van der Waals surface area (Å²) in [5, 5.41) is 10.9. The molecule has 0 bridgehead atoms. The van der Waals surface area contributed by atoms with E-state index in [1.807, 2.05) is 29.1 Å². The van der Waals surface area contributed by atoms with Gasteiger partial charge in [0.15, 0.2) is 0 Å². The van der Waals surface area contributed by atoms with E-state index in [-0.39, 0.29) is 11.9 Å². The van der Waals surface area contributed by atoms with Crippen molar-refractivity contribution in [1.82, 2.24) is 25.3 Å². The molecule has 1 fully saturated rings. The predicted molar refractivity (Wildman–Crippen MR) is 98.4 cm³/mol. The van der Waals surface area contributed by atoms with Crippen molar-refractivity contribution in [1.29, 1.82) is 0 Å². The first-order valence-corrected chi connectivity index (χ1v) is 8.84. The van der Waals surface area contributed by atoms with Crippen LogP contribution in [0, 0.1) is 12.8 Å². The van der Waals surface area contributed by atoms with Crippen LogP contribution < -0.4 is 5.32 Å². The summed E-state index contributed by atoms with van der Waals surface area (Å²) in [5.74, 6) is 0.481. The summed E-state index contributed by atoms with van der Waals surface area (Å²) in [7, 11) is 0. The van der Waals surface area contributed by atoms with Crippen molar-refractivity contribution in [3.05, 3.63) is 66.2 Å². The zero-order valence-corrected chi connectivity index (χ0v) is 14.7. The third-order valence-corrected chi connectivity index (χ3v) is 4.84. The number of hydrogen-bond acceptors (Lipinski definition) is 4. The molecule has 26 heavy (non-hydrogen) atoms. The number of benzene rings is 1. The molecule has 6 nitrogen and oxygen atoms in total. The van der Waals surface area contributed by atoms with Gasteiger partial charge in [0.25, 0.3) is 5.91 Å². The predicted octanol–water partition coefficient (Wildman–Crippen LogP) is 2.86. The second kappa shape index (κ2) is 7.07. The molecule has 2 aromatic heterocycles. The Hall–Kier alpha value is -3.02. The number of carbonyl (C=O) groups excluding carboxylic acids is 1. The van der Waals surface area contributed by atoms with Gasteiger partial charge in [-0.25, -0.2) is 0 Å². The molecule has 0 spiro atoms. The van der Waals surface area contributed by atoms with E-state index in [9.17, 15) is 4.79 Å². The summed E-state index contributed by atoms with van der Waals surface area (Å²) in [5.41, 5.74) is 3.82. The fourth-order valence-electron chi connectivity index (χ4n) is 3.41. The lowest BCUT2D eigenvalue weighted by molar-refractivity contribution is 0.0879. The van der Waals surface area contributed by atoms with Gasteiger partial charge in [0.1, 0.15) is 0 Å². The average Bonchev–Trinajstić information content (AvgIpc) is 3.13. The first-order chi connectivity index (χ1) is 12.7. The lowest BCUT2D eigenvalue weighted by Crippen LogP contribution is -2.45. The Morgan fingerprint density at radius 1 is 1.23 bits per heavy atom. The number of aryl methyl sites for hydroxylation is 1. The van der Waals surface area contributed by atoms with Gasteiger partial charge >= 0.3 is 0 Å². The maximum atomic E-state index is 12.5. The Morgan fingerprint density at radius 3 is 2.88 bits per heavy atom. The summed E-state index contributed by atoms with van der Waals surface area (Å²) in [6, 6.07) is 10.3. The highest BCUT2D eigenvalue weighted by Gasteiger charge is 2.30. The Morgan fingerprint density at radius 2 is 2.12 bits per heavy atom. The van der Waals surface area contributed by atoms with Gasteiger partial charge in [-0.05, 0) is 37.3 Å². The van der Waals surface area contributed by atoms with Gasteiger partial charge in [-0.2, -0.15) is 0 Å². The zero-order chi connectivity index (χ0) is 17.9. The molecule has 0 saturated heterocycles. The molecule has 132 valence electrons. The molecular formula is C20H21N5O. The monoisotopic (exact) mass is 347 g/mol. The third kappa shape index (κ3) is 3.64. The standard InChI is InChI=1S/C20H21N5O/c1-14-3-2-4-16(7-14)17-10-18(12-21-11-17)20(26)23-19-8-15(9-19)13-25-6-5-22-24-25/h2-7,10-12,15,19H,8-9,13H2,1H3,(H,23,26). The van der Waals surface area contributed by atoms with Crippen molar-refractivity contribution >= 4 is 5.91 Å². The van der Waals surface area contributed by atoms with Crippen LogP contribution in [-0.2, 0) is 6.54 Å². The highest BCUT2D eigenvalue weighted by atomic mass is 16.1. The van der Waals surface area contributed by atoms with E-state index < -0.39 is 0 Å². The van der Waals surface area contributed by atoms with E-state index >= 15 is 0 Å². The van der Waals surface area contributed by atoms with E-state index in [1.165, 1.54) is 5.56 Å². The molecule has 2 heterocycles. The van der Waals surface area contributed by atoms with Gasteiger partial charge in [0.2, 0.25) is 0 Å². The number of aromatic nitrogens is 4. The number of rotatable bonds is 5. The molecule has 1 amide bonds. The SMILES string of the molecule is Cc1cccc(-c2cncc(C(=O)NC3CC(Cn4ccnn4)C3)c2)c1. The van der Waals surface area contributed by atoms with Gasteiger partial charge in [0.05, 0.1) is 11.8 Å². The van der Waals surface area contributed by atoms with Gasteiger partial charge in [-0.1, -0.05) is 35.0 Å². The van der Waals surface area contributed by atoms with Gasteiger partial charge in [-0.15, -0.1) is 5.10 Å². The Bertz CT molecular complexity index is 900. The van der Waals surface area contributed by atoms with Crippen LogP contribution in [0.15, 0.2) is 55.1 Å². The van der Waals surface area contributed by atoms with Crippen LogP contribution in [0.2, 0.25) is 0 Å². The van der Waals surface area contributed by atoms with Crippen molar-refractivity contribution in [2.24, 2.45) is 5.92 Å². The molecule has 1 aliphatic rings. The number of nitrogens with zero attached hydrogens (tertiary/aromatic N) is 4. The van der Waals surface area contributed by atoms with E-state index in [2.05, 4.69) is 39.7 Å². The number of nitrogens with one attached hydrogen (secondary N) is 1. The van der Waals surface area contributed by atoms with Crippen molar-refractivity contribution < 1.29 is 4.79 Å². The molecule has 0 aliphatic heterocycles. The highest BCUT2D eigenvalue weighted by Crippen LogP contribution is 2.29. The van der Waals surface area contributed by atoms with Gasteiger partial charge < -0.3 is 5.32 Å². The van der Waals surface area contributed by atoms with Crippen molar-refractivity contribution in [3.63, 3.8) is 0 Å².